The summed E-state index contributed by atoms with van der Waals surface area (Å²) in [5, 5.41) is 9.81. The van der Waals surface area contributed by atoms with Gasteiger partial charge in [0.1, 0.15) is 11.6 Å². The first-order valence-electron chi connectivity index (χ1n) is 11.5. The number of nitriles is 1. The quantitative estimate of drug-likeness (QED) is 0.138. The minimum atomic E-state index is -1.32. The van der Waals surface area contributed by atoms with Crippen LogP contribution < -0.4 is 9.47 Å². The lowest BCUT2D eigenvalue weighted by atomic mass is 9.86. The van der Waals surface area contributed by atoms with Crippen LogP contribution in [0.25, 0.3) is 5.57 Å². The summed E-state index contributed by atoms with van der Waals surface area (Å²) in [4.78, 5) is 12.8. The van der Waals surface area contributed by atoms with Gasteiger partial charge in [0, 0.05) is 0 Å². The number of ether oxygens (including phenoxy) is 3. The molecule has 6 heteroatoms. The molecular formula is C26H37NO4Si. The molecule has 0 aliphatic heterocycles. The Bertz CT molecular complexity index is 928. The van der Waals surface area contributed by atoms with Gasteiger partial charge in [0.25, 0.3) is 0 Å². The minimum absolute atomic E-state index is 0.0763. The number of esters is 1. The van der Waals surface area contributed by atoms with Crippen molar-refractivity contribution < 1.29 is 19.0 Å². The van der Waals surface area contributed by atoms with Crippen molar-refractivity contribution in [2.75, 3.05) is 20.8 Å². The molecule has 32 heavy (non-hydrogen) atoms. The molecule has 1 aromatic rings. The number of hydrogen-bond acceptors (Lipinski definition) is 5. The number of allylic oxidation sites excluding steroid dienone is 1. The molecule has 0 spiro atoms. The van der Waals surface area contributed by atoms with E-state index < -0.39 is 14.0 Å². The number of carbonyl (C=O) groups is 1. The maximum Gasteiger partial charge on any atom is 0.349 e. The summed E-state index contributed by atoms with van der Waals surface area (Å²) in [6.07, 6.45) is 3.40. The maximum atomic E-state index is 12.8. The summed E-state index contributed by atoms with van der Waals surface area (Å²) in [5.41, 5.74) is 4.83. The van der Waals surface area contributed by atoms with E-state index in [0.717, 1.165) is 11.1 Å². The Morgan fingerprint density at radius 2 is 1.72 bits per heavy atom. The van der Waals surface area contributed by atoms with Gasteiger partial charge in [0.15, 0.2) is 11.5 Å². The Balaban J connectivity index is 2.24. The number of rotatable bonds is 10. The molecule has 2 rings (SSSR count). The van der Waals surface area contributed by atoms with Crippen LogP contribution in [0.1, 0.15) is 58.6 Å². The molecule has 0 heterocycles. The van der Waals surface area contributed by atoms with E-state index in [2.05, 4.69) is 52.5 Å². The third-order valence-corrected chi connectivity index (χ3v) is 12.1. The second-order valence-electron chi connectivity index (χ2n) is 9.03. The SMILES string of the molecule is CC[Si](/C=C/CCOC(=O)/C(C#N)=C1\CC(C)(C)c2cc(OC)c(OC)cc21)(CC)CC. The van der Waals surface area contributed by atoms with Crippen molar-refractivity contribution in [1.82, 2.24) is 0 Å². The van der Waals surface area contributed by atoms with Gasteiger partial charge in [-0.05, 0) is 47.1 Å². The molecule has 0 amide bonds. The molecule has 0 saturated carbocycles. The predicted molar refractivity (Wildman–Crippen MR) is 132 cm³/mol. The zero-order valence-electron chi connectivity index (χ0n) is 20.6. The van der Waals surface area contributed by atoms with Crippen molar-refractivity contribution in [2.45, 2.75) is 71.0 Å². The first-order valence-corrected chi connectivity index (χ1v) is 14.2. The Labute approximate surface area is 194 Å². The first-order chi connectivity index (χ1) is 15.2. The van der Waals surface area contributed by atoms with E-state index >= 15 is 0 Å². The Morgan fingerprint density at radius 3 is 2.25 bits per heavy atom. The summed E-state index contributed by atoms with van der Waals surface area (Å²) >= 11 is 0. The standard InChI is InChI=1S/C26H37NO4Si/c1-8-32(9-2,10-3)14-12-11-13-31-25(28)21(18-27)20-17-26(4,5)22-16-24(30-7)23(29-6)15-19(20)22/h12,14-16H,8-11,13,17H2,1-7H3/b14-12+,21-20+. The third kappa shape index (κ3) is 5.27. The van der Waals surface area contributed by atoms with E-state index in [1.165, 1.54) is 18.1 Å². The van der Waals surface area contributed by atoms with Crippen LogP contribution >= 0.6 is 0 Å². The van der Waals surface area contributed by atoms with Gasteiger partial charge in [0.05, 0.1) is 28.9 Å². The number of carbonyl (C=O) groups excluding carboxylic acids is 1. The fraction of sp³-hybridized carbons (Fsp3) is 0.538. The average Bonchev–Trinajstić information content (AvgIpc) is 3.05. The molecule has 0 bridgehead atoms. The van der Waals surface area contributed by atoms with Crippen LogP contribution in [0.2, 0.25) is 18.1 Å². The average molecular weight is 456 g/mol. The van der Waals surface area contributed by atoms with Crippen molar-refractivity contribution in [3.63, 3.8) is 0 Å². The van der Waals surface area contributed by atoms with Crippen LogP contribution in [0, 0.1) is 11.3 Å². The van der Waals surface area contributed by atoms with Gasteiger partial charge in [-0.2, -0.15) is 5.26 Å². The fourth-order valence-electron chi connectivity index (χ4n) is 4.51. The number of nitrogens with zero attached hydrogens (tertiary/aromatic N) is 1. The third-order valence-electron chi connectivity index (χ3n) is 6.92. The zero-order chi connectivity index (χ0) is 23.9. The van der Waals surface area contributed by atoms with Crippen LogP contribution in [-0.4, -0.2) is 34.9 Å². The van der Waals surface area contributed by atoms with Gasteiger partial charge in [0.2, 0.25) is 0 Å². The molecule has 1 aliphatic carbocycles. The summed E-state index contributed by atoms with van der Waals surface area (Å²) in [7, 11) is 1.86. The Hall–Kier alpha value is -2.52. The van der Waals surface area contributed by atoms with Gasteiger partial charge in [-0.1, -0.05) is 64.5 Å². The summed E-state index contributed by atoms with van der Waals surface area (Å²) in [5.74, 6) is 0.659. The largest absolute Gasteiger partial charge is 0.493 e. The normalized spacial score (nSPS) is 16.4. The van der Waals surface area contributed by atoms with E-state index in [1.54, 1.807) is 14.2 Å². The number of fused-ring (bicyclic) bond motifs is 1. The molecular weight excluding hydrogens is 418 g/mol. The zero-order valence-corrected chi connectivity index (χ0v) is 21.6. The second-order valence-corrected chi connectivity index (χ2v) is 14.2. The van der Waals surface area contributed by atoms with E-state index in [0.29, 0.717) is 29.9 Å². The molecule has 0 atom stereocenters. The molecule has 1 aliphatic rings. The molecule has 0 fully saturated rings. The highest BCUT2D eigenvalue weighted by molar-refractivity contribution is 6.84. The molecule has 0 radical (unpaired) electrons. The van der Waals surface area contributed by atoms with Crippen LogP contribution in [0.4, 0.5) is 0 Å². The van der Waals surface area contributed by atoms with Crippen LogP contribution in [0.15, 0.2) is 29.5 Å². The van der Waals surface area contributed by atoms with Gasteiger partial charge >= 0.3 is 5.97 Å². The van der Waals surface area contributed by atoms with Crippen molar-refractivity contribution >= 4 is 19.6 Å². The smallest absolute Gasteiger partial charge is 0.349 e. The molecule has 174 valence electrons. The molecule has 0 N–H and O–H groups in total. The van der Waals surface area contributed by atoms with E-state index in [1.807, 2.05) is 12.1 Å². The topological polar surface area (TPSA) is 68.6 Å². The number of hydrogen-bond donors (Lipinski definition) is 0. The lowest BCUT2D eigenvalue weighted by molar-refractivity contribution is -0.138. The van der Waals surface area contributed by atoms with Crippen LogP contribution in [0.5, 0.6) is 11.5 Å². The highest BCUT2D eigenvalue weighted by atomic mass is 28.3. The fourth-order valence-corrected chi connectivity index (χ4v) is 7.38. The number of benzene rings is 1. The van der Waals surface area contributed by atoms with E-state index in [-0.39, 0.29) is 17.6 Å². The molecule has 5 nitrogen and oxygen atoms in total. The molecule has 0 saturated heterocycles. The summed E-state index contributed by atoms with van der Waals surface area (Å²) < 4.78 is 16.4. The molecule has 0 unspecified atom stereocenters. The number of methoxy groups -OCH3 is 2. The highest BCUT2D eigenvalue weighted by Gasteiger charge is 2.37. The lowest BCUT2D eigenvalue weighted by Gasteiger charge is -2.23. The van der Waals surface area contributed by atoms with Crippen LogP contribution in [0.3, 0.4) is 0 Å². The molecule has 1 aromatic carbocycles. The van der Waals surface area contributed by atoms with Crippen LogP contribution in [-0.2, 0) is 14.9 Å². The monoisotopic (exact) mass is 455 g/mol. The van der Waals surface area contributed by atoms with Gasteiger partial charge in [-0.3, -0.25) is 0 Å². The van der Waals surface area contributed by atoms with Crippen molar-refractivity contribution in [1.29, 1.82) is 5.26 Å². The van der Waals surface area contributed by atoms with E-state index in [4.69, 9.17) is 14.2 Å². The second kappa shape index (κ2) is 10.9. The Kier molecular flexibility index (Phi) is 8.74. The Morgan fingerprint density at radius 1 is 1.12 bits per heavy atom. The van der Waals surface area contributed by atoms with Gasteiger partial charge in [-0.15, -0.1) is 0 Å². The lowest BCUT2D eigenvalue weighted by Crippen LogP contribution is -2.28. The van der Waals surface area contributed by atoms with Crippen molar-refractivity contribution in [3.8, 4) is 17.6 Å². The predicted octanol–water partition coefficient (Wildman–Crippen LogP) is 6.20. The highest BCUT2D eigenvalue weighted by Crippen LogP contribution is 2.50. The van der Waals surface area contributed by atoms with E-state index in [9.17, 15) is 10.1 Å². The van der Waals surface area contributed by atoms with Gasteiger partial charge < -0.3 is 14.2 Å². The summed E-state index contributed by atoms with van der Waals surface area (Å²) in [6, 6.07) is 9.58. The summed E-state index contributed by atoms with van der Waals surface area (Å²) in [6.45, 7) is 11.3. The first kappa shape index (κ1) is 25.7. The van der Waals surface area contributed by atoms with Crippen molar-refractivity contribution in [3.05, 3.63) is 40.6 Å². The minimum Gasteiger partial charge on any atom is -0.493 e. The maximum absolute atomic E-state index is 12.8. The van der Waals surface area contributed by atoms with Crippen molar-refractivity contribution in [2.24, 2.45) is 0 Å². The van der Waals surface area contributed by atoms with Gasteiger partial charge in [-0.25, -0.2) is 4.79 Å². The molecule has 0 aromatic heterocycles.